The van der Waals surface area contributed by atoms with E-state index in [0.29, 0.717) is 22.4 Å². The summed E-state index contributed by atoms with van der Waals surface area (Å²) in [5.74, 6) is 0.241. The van der Waals surface area contributed by atoms with Crippen LogP contribution in [0.1, 0.15) is 12.8 Å². The molecule has 0 saturated carbocycles. The van der Waals surface area contributed by atoms with Crippen molar-refractivity contribution in [3.8, 4) is 0 Å². The molecule has 5 rings (SSSR count). The molecule has 0 atom stereocenters. The van der Waals surface area contributed by atoms with Crippen LogP contribution >= 0.6 is 0 Å². The van der Waals surface area contributed by atoms with Crippen molar-refractivity contribution in [1.82, 2.24) is 24.8 Å². The summed E-state index contributed by atoms with van der Waals surface area (Å²) in [5.41, 5.74) is 2.37. The number of hydrogen-bond acceptors (Lipinski definition) is 7. The van der Waals surface area contributed by atoms with Gasteiger partial charge in [-0.25, -0.2) is 4.79 Å². The van der Waals surface area contributed by atoms with Gasteiger partial charge in [0.1, 0.15) is 12.1 Å². The lowest BCUT2D eigenvalue weighted by Gasteiger charge is -2.32. The number of carbonyl (C=O) groups excluding carboxylic acids is 1. The van der Waals surface area contributed by atoms with Gasteiger partial charge in [0, 0.05) is 24.7 Å². The highest BCUT2D eigenvalue weighted by Crippen LogP contribution is 2.24. The zero-order valence-electron chi connectivity index (χ0n) is 14.8. The topological polar surface area (TPSA) is 121 Å². The Balaban J connectivity index is 1.24. The number of amides is 1. The van der Waals surface area contributed by atoms with Crippen molar-refractivity contribution >= 4 is 34.2 Å². The van der Waals surface area contributed by atoms with Crippen LogP contribution in [0.4, 0.5) is 11.5 Å². The fourth-order valence-electron chi connectivity index (χ4n) is 3.53. The van der Waals surface area contributed by atoms with Gasteiger partial charge in [0.05, 0.1) is 5.52 Å². The zero-order chi connectivity index (χ0) is 19.1. The van der Waals surface area contributed by atoms with Crippen LogP contribution < -0.4 is 16.0 Å². The Labute approximate surface area is 158 Å². The number of anilines is 2. The third-order valence-electron chi connectivity index (χ3n) is 5.02. The van der Waals surface area contributed by atoms with Crippen molar-refractivity contribution in [2.75, 3.05) is 23.3 Å². The Kier molecular flexibility index (Phi) is 3.81. The molecule has 0 aliphatic carbocycles. The van der Waals surface area contributed by atoms with Gasteiger partial charge in [-0.15, -0.1) is 15.3 Å². The Bertz CT molecular complexity index is 1220. The molecule has 1 saturated heterocycles. The van der Waals surface area contributed by atoms with E-state index in [0.717, 1.165) is 31.7 Å². The Hall–Kier alpha value is -3.69. The van der Waals surface area contributed by atoms with E-state index >= 15 is 0 Å². The fourth-order valence-corrected chi connectivity index (χ4v) is 3.53. The van der Waals surface area contributed by atoms with E-state index in [1.807, 2.05) is 12.1 Å². The smallest absolute Gasteiger partial charge is 0.408 e. The standard InChI is InChI=1S/C18H17N7O3/c26-17(20-12-1-2-14-13(9-12)21-18(27)28-14)11-5-7-24(8-6-11)16-4-3-15-22-19-10-25(15)23-16/h1-4,9-11H,5-8H2,(H,20,26)(H,21,27). The van der Waals surface area contributed by atoms with Crippen molar-refractivity contribution in [1.29, 1.82) is 0 Å². The first kappa shape index (κ1) is 16.5. The molecule has 2 N–H and O–H groups in total. The van der Waals surface area contributed by atoms with Crippen molar-refractivity contribution in [2.24, 2.45) is 5.92 Å². The van der Waals surface area contributed by atoms with Crippen LogP contribution in [-0.2, 0) is 4.79 Å². The van der Waals surface area contributed by atoms with Gasteiger partial charge in [-0.3, -0.25) is 9.78 Å². The van der Waals surface area contributed by atoms with Gasteiger partial charge >= 0.3 is 5.76 Å². The number of benzene rings is 1. The second-order valence-corrected chi connectivity index (χ2v) is 6.80. The number of H-pyrrole nitrogens is 1. The summed E-state index contributed by atoms with van der Waals surface area (Å²) in [4.78, 5) is 28.6. The predicted molar refractivity (Wildman–Crippen MR) is 101 cm³/mol. The van der Waals surface area contributed by atoms with Gasteiger partial charge in [-0.05, 0) is 43.2 Å². The third kappa shape index (κ3) is 2.98. The third-order valence-corrected chi connectivity index (χ3v) is 5.02. The molecular weight excluding hydrogens is 362 g/mol. The second-order valence-electron chi connectivity index (χ2n) is 6.80. The van der Waals surface area contributed by atoms with Crippen LogP contribution in [0.25, 0.3) is 16.7 Å². The maximum Gasteiger partial charge on any atom is 0.417 e. The SMILES string of the molecule is O=C(Nc1ccc2oc(=O)[nH]c2c1)C1CCN(c2ccc3nncn3n2)CC1. The molecule has 0 radical (unpaired) electrons. The molecule has 0 unspecified atom stereocenters. The molecule has 1 amide bonds. The molecule has 4 aromatic rings. The molecule has 10 nitrogen and oxygen atoms in total. The van der Waals surface area contributed by atoms with Crippen LogP contribution in [0.3, 0.4) is 0 Å². The molecule has 10 heteroatoms. The lowest BCUT2D eigenvalue weighted by molar-refractivity contribution is -0.120. The summed E-state index contributed by atoms with van der Waals surface area (Å²) in [6.45, 7) is 1.49. The van der Waals surface area contributed by atoms with Crippen LogP contribution in [0, 0.1) is 5.92 Å². The minimum Gasteiger partial charge on any atom is -0.408 e. The van der Waals surface area contributed by atoms with E-state index < -0.39 is 5.76 Å². The van der Waals surface area contributed by atoms with Crippen molar-refractivity contribution in [3.05, 3.63) is 47.2 Å². The minimum atomic E-state index is -0.510. The van der Waals surface area contributed by atoms with Crippen molar-refractivity contribution in [3.63, 3.8) is 0 Å². The van der Waals surface area contributed by atoms with E-state index in [1.54, 1.807) is 29.0 Å². The van der Waals surface area contributed by atoms with Gasteiger partial charge in [0.15, 0.2) is 11.2 Å². The van der Waals surface area contributed by atoms with Gasteiger partial charge in [-0.2, -0.15) is 4.52 Å². The number of aromatic nitrogens is 5. The van der Waals surface area contributed by atoms with Gasteiger partial charge in [-0.1, -0.05) is 0 Å². The highest BCUT2D eigenvalue weighted by molar-refractivity contribution is 5.94. The summed E-state index contributed by atoms with van der Waals surface area (Å²) in [5, 5.41) is 15.2. The largest absolute Gasteiger partial charge is 0.417 e. The average Bonchev–Trinajstić information content (AvgIpc) is 3.32. The minimum absolute atomic E-state index is 0.0212. The van der Waals surface area contributed by atoms with Crippen LogP contribution in [-0.4, -0.2) is 43.8 Å². The maximum absolute atomic E-state index is 12.6. The average molecular weight is 379 g/mol. The molecule has 0 bridgehead atoms. The highest BCUT2D eigenvalue weighted by Gasteiger charge is 2.26. The number of nitrogens with zero attached hydrogens (tertiary/aromatic N) is 5. The van der Waals surface area contributed by atoms with Crippen LogP contribution in [0.2, 0.25) is 0 Å². The highest BCUT2D eigenvalue weighted by atomic mass is 16.4. The number of piperidine rings is 1. The second kappa shape index (κ2) is 6.48. The molecule has 1 fully saturated rings. The molecule has 142 valence electrons. The first-order valence-electron chi connectivity index (χ1n) is 9.01. The molecular formula is C18H17N7O3. The number of nitrogens with one attached hydrogen (secondary N) is 2. The van der Waals surface area contributed by atoms with E-state index in [-0.39, 0.29) is 11.8 Å². The molecule has 4 heterocycles. The zero-order valence-corrected chi connectivity index (χ0v) is 14.8. The molecule has 1 aromatic carbocycles. The Morgan fingerprint density at radius 3 is 2.93 bits per heavy atom. The molecule has 3 aromatic heterocycles. The van der Waals surface area contributed by atoms with Gasteiger partial charge in [0.2, 0.25) is 5.91 Å². The molecule has 28 heavy (non-hydrogen) atoms. The summed E-state index contributed by atoms with van der Waals surface area (Å²) in [6.07, 6.45) is 3.04. The summed E-state index contributed by atoms with van der Waals surface area (Å²) in [7, 11) is 0. The summed E-state index contributed by atoms with van der Waals surface area (Å²) < 4.78 is 6.62. The van der Waals surface area contributed by atoms with E-state index in [9.17, 15) is 9.59 Å². The maximum atomic E-state index is 12.6. The Morgan fingerprint density at radius 1 is 1.21 bits per heavy atom. The summed E-state index contributed by atoms with van der Waals surface area (Å²) in [6, 6.07) is 8.89. The van der Waals surface area contributed by atoms with Crippen LogP contribution in [0.5, 0.6) is 0 Å². The lowest BCUT2D eigenvalue weighted by atomic mass is 9.96. The van der Waals surface area contributed by atoms with Gasteiger partial charge in [0.25, 0.3) is 0 Å². The number of aromatic amines is 1. The monoisotopic (exact) mass is 379 g/mol. The number of fused-ring (bicyclic) bond motifs is 2. The number of carbonyl (C=O) groups is 1. The van der Waals surface area contributed by atoms with Crippen molar-refractivity contribution in [2.45, 2.75) is 12.8 Å². The molecule has 1 aliphatic heterocycles. The first-order chi connectivity index (χ1) is 13.7. The predicted octanol–water partition coefficient (Wildman–Crippen LogP) is 1.41. The first-order valence-corrected chi connectivity index (χ1v) is 9.01. The van der Waals surface area contributed by atoms with Crippen LogP contribution in [0.15, 0.2) is 45.9 Å². The fraction of sp³-hybridized carbons (Fsp3) is 0.278. The Morgan fingerprint density at radius 2 is 2.07 bits per heavy atom. The summed E-state index contributed by atoms with van der Waals surface area (Å²) >= 11 is 0. The number of oxazole rings is 1. The van der Waals surface area contributed by atoms with E-state index in [2.05, 4.69) is 30.5 Å². The normalized spacial score (nSPS) is 15.4. The molecule has 0 spiro atoms. The quantitative estimate of drug-likeness (QED) is 0.552. The number of rotatable bonds is 3. The van der Waals surface area contributed by atoms with Gasteiger partial charge < -0.3 is 14.6 Å². The van der Waals surface area contributed by atoms with E-state index in [1.165, 1.54) is 0 Å². The van der Waals surface area contributed by atoms with E-state index in [4.69, 9.17) is 4.42 Å². The lowest BCUT2D eigenvalue weighted by Crippen LogP contribution is -2.38. The molecule has 1 aliphatic rings. The van der Waals surface area contributed by atoms with Crippen molar-refractivity contribution < 1.29 is 9.21 Å². The number of hydrogen-bond donors (Lipinski definition) is 2.